The normalized spacial score (nSPS) is 20.7. The number of carbonyl (C=O) groups is 2. The SMILES string of the molecule is COc1cc2c(cc1OC)C1CC(N(Cc3ccccc3)C(=O)O)C(NC(=O)CCCCCCl)CN1CC2. The zero-order valence-electron chi connectivity index (χ0n) is 22.2. The van der Waals surface area contributed by atoms with Gasteiger partial charge in [0.25, 0.3) is 0 Å². The maximum Gasteiger partial charge on any atom is 0.407 e. The lowest BCUT2D eigenvalue weighted by Crippen LogP contribution is -2.62. The number of rotatable bonds is 11. The van der Waals surface area contributed by atoms with Crippen LogP contribution in [0.15, 0.2) is 42.5 Å². The predicted octanol–water partition coefficient (Wildman–Crippen LogP) is 4.84. The van der Waals surface area contributed by atoms with Gasteiger partial charge in [0.1, 0.15) is 0 Å². The summed E-state index contributed by atoms with van der Waals surface area (Å²) in [6.07, 6.45) is 3.39. The van der Waals surface area contributed by atoms with Crippen molar-refractivity contribution >= 4 is 23.6 Å². The van der Waals surface area contributed by atoms with Crippen molar-refractivity contribution in [2.75, 3.05) is 33.2 Å². The van der Waals surface area contributed by atoms with Crippen LogP contribution in [0, 0.1) is 0 Å². The van der Waals surface area contributed by atoms with Crippen LogP contribution < -0.4 is 14.8 Å². The van der Waals surface area contributed by atoms with Gasteiger partial charge in [0.15, 0.2) is 11.5 Å². The summed E-state index contributed by atoms with van der Waals surface area (Å²) < 4.78 is 11.1. The Balaban J connectivity index is 1.62. The molecule has 2 aromatic carbocycles. The highest BCUT2D eigenvalue weighted by atomic mass is 35.5. The van der Waals surface area contributed by atoms with Gasteiger partial charge in [0.2, 0.25) is 5.91 Å². The quantitative estimate of drug-likeness (QED) is 0.311. The summed E-state index contributed by atoms with van der Waals surface area (Å²) in [5, 5.41) is 13.5. The molecule has 2 N–H and O–H groups in total. The Kier molecular flexibility index (Phi) is 9.74. The maximum absolute atomic E-state index is 12.9. The number of unbranched alkanes of at least 4 members (excludes halogenated alkanes) is 2. The highest BCUT2D eigenvalue weighted by Gasteiger charge is 2.43. The minimum absolute atomic E-state index is 0.0121. The number of hydrogen-bond donors (Lipinski definition) is 2. The van der Waals surface area contributed by atoms with Crippen LogP contribution in [0.3, 0.4) is 0 Å². The molecule has 0 radical (unpaired) electrons. The molecular weight excluding hydrogens is 506 g/mol. The van der Waals surface area contributed by atoms with Crippen LogP contribution in [0.1, 0.15) is 54.8 Å². The molecular formula is C29H38ClN3O5. The van der Waals surface area contributed by atoms with Gasteiger partial charge in [0, 0.05) is 38.0 Å². The van der Waals surface area contributed by atoms with Crippen LogP contribution in [-0.4, -0.2) is 72.2 Å². The van der Waals surface area contributed by atoms with Crippen molar-refractivity contribution in [1.29, 1.82) is 0 Å². The molecule has 4 rings (SSSR count). The molecule has 3 unspecified atom stereocenters. The second kappa shape index (κ2) is 13.2. The van der Waals surface area contributed by atoms with Crippen molar-refractivity contribution in [2.24, 2.45) is 0 Å². The number of amides is 2. The summed E-state index contributed by atoms with van der Waals surface area (Å²) in [7, 11) is 3.26. The van der Waals surface area contributed by atoms with Crippen LogP contribution in [0.2, 0.25) is 0 Å². The van der Waals surface area contributed by atoms with Crippen molar-refractivity contribution in [3.63, 3.8) is 0 Å². The fourth-order valence-corrected chi connectivity index (χ4v) is 5.96. The number of nitrogens with zero attached hydrogens (tertiary/aromatic N) is 2. The van der Waals surface area contributed by atoms with Crippen molar-refractivity contribution in [1.82, 2.24) is 15.1 Å². The summed E-state index contributed by atoms with van der Waals surface area (Å²) in [6.45, 7) is 1.66. The summed E-state index contributed by atoms with van der Waals surface area (Å²) >= 11 is 5.78. The third-order valence-corrected chi connectivity index (χ3v) is 7.97. The highest BCUT2D eigenvalue weighted by Crippen LogP contribution is 2.43. The van der Waals surface area contributed by atoms with Gasteiger partial charge in [0.05, 0.1) is 26.3 Å². The second-order valence-corrected chi connectivity index (χ2v) is 10.4. The first-order valence-electron chi connectivity index (χ1n) is 13.3. The van der Waals surface area contributed by atoms with Crippen molar-refractivity contribution in [3.8, 4) is 11.5 Å². The molecule has 38 heavy (non-hydrogen) atoms. The smallest absolute Gasteiger partial charge is 0.407 e. The molecule has 206 valence electrons. The van der Waals surface area contributed by atoms with Crippen molar-refractivity contribution < 1.29 is 24.2 Å². The number of benzene rings is 2. The first kappa shape index (κ1) is 28.0. The molecule has 1 saturated heterocycles. The van der Waals surface area contributed by atoms with Gasteiger partial charge >= 0.3 is 6.09 Å². The summed E-state index contributed by atoms with van der Waals surface area (Å²) in [6, 6.07) is 13.0. The maximum atomic E-state index is 12.9. The molecule has 9 heteroatoms. The molecule has 2 heterocycles. The first-order valence-corrected chi connectivity index (χ1v) is 13.9. The zero-order valence-corrected chi connectivity index (χ0v) is 23.0. The summed E-state index contributed by atoms with van der Waals surface area (Å²) in [5.74, 6) is 1.91. The third-order valence-electron chi connectivity index (χ3n) is 7.70. The Bertz CT molecular complexity index is 1100. The van der Waals surface area contributed by atoms with Crippen LogP contribution in [0.25, 0.3) is 0 Å². The second-order valence-electron chi connectivity index (χ2n) is 10.0. The van der Waals surface area contributed by atoms with Gasteiger partial charge in [-0.1, -0.05) is 36.8 Å². The molecule has 2 amide bonds. The van der Waals surface area contributed by atoms with E-state index in [0.717, 1.165) is 43.4 Å². The van der Waals surface area contributed by atoms with Gasteiger partial charge in [-0.3, -0.25) is 14.6 Å². The van der Waals surface area contributed by atoms with E-state index in [2.05, 4.69) is 10.2 Å². The van der Waals surface area contributed by atoms with Crippen LogP contribution in [0.5, 0.6) is 11.5 Å². The molecule has 2 aliphatic heterocycles. The molecule has 1 fully saturated rings. The van der Waals surface area contributed by atoms with E-state index in [4.69, 9.17) is 21.1 Å². The standard InChI is InChI=1S/C29H38ClN3O5/c1-37-26-15-21-12-14-32-19-23(31-28(34)11-7-4-8-13-30)25(17-24(32)22(21)16-27(26)38-2)33(29(35)36)18-20-9-5-3-6-10-20/h3,5-6,9-10,15-16,23-25H,4,7-8,11-14,17-19H2,1-2H3,(H,31,34)(H,35,36). The van der Waals surface area contributed by atoms with E-state index in [9.17, 15) is 14.7 Å². The Labute approximate surface area is 229 Å². The number of carboxylic acid groups (broad SMARTS) is 1. The fraction of sp³-hybridized carbons (Fsp3) is 0.517. The lowest BCUT2D eigenvalue weighted by atomic mass is 9.82. The molecule has 0 saturated carbocycles. The Hall–Kier alpha value is -2.97. The van der Waals surface area contributed by atoms with E-state index in [1.54, 1.807) is 14.2 Å². The van der Waals surface area contributed by atoms with Gasteiger partial charge in [-0.15, -0.1) is 11.6 Å². The van der Waals surface area contributed by atoms with Crippen LogP contribution in [-0.2, 0) is 17.8 Å². The van der Waals surface area contributed by atoms with E-state index < -0.39 is 6.09 Å². The van der Waals surface area contributed by atoms with Gasteiger partial charge in [-0.05, 0) is 54.5 Å². The van der Waals surface area contributed by atoms with E-state index in [0.29, 0.717) is 36.8 Å². The minimum Gasteiger partial charge on any atom is -0.493 e. The number of carbonyl (C=O) groups excluding carboxylic acids is 1. The van der Waals surface area contributed by atoms with E-state index in [-0.39, 0.29) is 30.6 Å². The molecule has 3 atom stereocenters. The van der Waals surface area contributed by atoms with Crippen molar-refractivity contribution in [3.05, 3.63) is 59.2 Å². The Morgan fingerprint density at radius 2 is 1.84 bits per heavy atom. The number of nitrogens with one attached hydrogen (secondary N) is 1. The first-order chi connectivity index (χ1) is 18.4. The number of methoxy groups -OCH3 is 2. The monoisotopic (exact) mass is 543 g/mol. The van der Waals surface area contributed by atoms with Crippen LogP contribution >= 0.6 is 11.6 Å². The summed E-state index contributed by atoms with van der Waals surface area (Å²) in [5.41, 5.74) is 3.24. The fourth-order valence-electron chi connectivity index (χ4n) is 5.77. The molecule has 0 bridgehead atoms. The number of halogens is 1. The highest BCUT2D eigenvalue weighted by molar-refractivity contribution is 6.17. The largest absolute Gasteiger partial charge is 0.493 e. The van der Waals surface area contributed by atoms with Gasteiger partial charge < -0.3 is 19.9 Å². The van der Waals surface area contributed by atoms with E-state index >= 15 is 0 Å². The average Bonchev–Trinajstić information content (AvgIpc) is 2.93. The van der Waals surface area contributed by atoms with Crippen LogP contribution in [0.4, 0.5) is 4.79 Å². The van der Waals surface area contributed by atoms with Gasteiger partial charge in [-0.25, -0.2) is 4.79 Å². The third kappa shape index (κ3) is 6.53. The zero-order chi connectivity index (χ0) is 27.1. The number of hydrogen-bond acceptors (Lipinski definition) is 5. The Morgan fingerprint density at radius 3 is 2.53 bits per heavy atom. The number of alkyl halides is 1. The molecule has 0 aliphatic carbocycles. The number of piperidine rings is 1. The molecule has 2 aromatic rings. The van der Waals surface area contributed by atoms with E-state index in [1.165, 1.54) is 10.5 Å². The topological polar surface area (TPSA) is 91.3 Å². The average molecular weight is 544 g/mol. The molecule has 2 aliphatic rings. The number of ether oxygens (including phenoxy) is 2. The molecule has 0 spiro atoms. The molecule has 8 nitrogen and oxygen atoms in total. The predicted molar refractivity (Wildman–Crippen MR) is 147 cm³/mol. The Morgan fingerprint density at radius 1 is 1.11 bits per heavy atom. The summed E-state index contributed by atoms with van der Waals surface area (Å²) in [4.78, 5) is 29.4. The lowest BCUT2D eigenvalue weighted by molar-refractivity contribution is -0.123. The van der Waals surface area contributed by atoms with Crippen molar-refractivity contribution in [2.45, 2.75) is 63.2 Å². The van der Waals surface area contributed by atoms with Gasteiger partial charge in [-0.2, -0.15) is 0 Å². The van der Waals surface area contributed by atoms with E-state index in [1.807, 2.05) is 42.5 Å². The minimum atomic E-state index is -0.989. The lowest BCUT2D eigenvalue weighted by Gasteiger charge is -2.49. The number of fused-ring (bicyclic) bond motifs is 3. The molecule has 0 aromatic heterocycles.